The molecule has 0 aromatic heterocycles. The van der Waals surface area contributed by atoms with Crippen LogP contribution in [-0.2, 0) is 22.4 Å². The van der Waals surface area contributed by atoms with E-state index in [1.165, 1.54) is 0 Å². The maximum atomic E-state index is 12.4. The van der Waals surface area contributed by atoms with E-state index in [1.54, 1.807) is 24.3 Å². The molecule has 0 heterocycles. The molecule has 0 spiro atoms. The van der Waals surface area contributed by atoms with Crippen molar-refractivity contribution in [2.45, 2.75) is 39.2 Å². The summed E-state index contributed by atoms with van der Waals surface area (Å²) in [6.45, 7) is 4.00. The number of benzene rings is 2. The zero-order chi connectivity index (χ0) is 19.1. The first-order valence-corrected chi connectivity index (χ1v) is 8.44. The van der Waals surface area contributed by atoms with Gasteiger partial charge in [-0.05, 0) is 48.6 Å². The number of aryl methyl sites for hydroxylation is 2. The van der Waals surface area contributed by atoms with Gasteiger partial charge in [-0.2, -0.15) is 5.26 Å². The van der Waals surface area contributed by atoms with Crippen molar-refractivity contribution in [3.63, 3.8) is 0 Å². The zero-order valence-electron chi connectivity index (χ0n) is 15.0. The number of nitrogens with zero attached hydrogens (tertiary/aromatic N) is 1. The van der Waals surface area contributed by atoms with E-state index in [-0.39, 0.29) is 18.7 Å². The van der Waals surface area contributed by atoms with Gasteiger partial charge in [0, 0.05) is 6.04 Å². The molecule has 0 aliphatic rings. The van der Waals surface area contributed by atoms with Crippen molar-refractivity contribution in [1.82, 2.24) is 5.32 Å². The summed E-state index contributed by atoms with van der Waals surface area (Å²) in [4.78, 5) is 23.5. The highest BCUT2D eigenvalue weighted by Crippen LogP contribution is 2.13. The quantitative estimate of drug-likeness (QED) is 0.803. The number of aliphatic carboxylic acids is 1. The SMILES string of the molecule is Cc1ccc(CC(=O)NC(CC(=O)O)Cc2ccccc2C#N)cc1C. The molecule has 134 valence electrons. The minimum absolute atomic E-state index is 0.192. The Bertz CT molecular complexity index is 853. The maximum Gasteiger partial charge on any atom is 0.305 e. The van der Waals surface area contributed by atoms with Gasteiger partial charge in [0.15, 0.2) is 0 Å². The number of amides is 1. The topological polar surface area (TPSA) is 90.2 Å². The van der Waals surface area contributed by atoms with E-state index in [1.807, 2.05) is 32.0 Å². The Hall–Kier alpha value is -3.13. The third-order valence-electron chi connectivity index (χ3n) is 4.33. The predicted octanol–water partition coefficient (Wildman–Crippen LogP) is 2.92. The lowest BCUT2D eigenvalue weighted by Crippen LogP contribution is -2.39. The lowest BCUT2D eigenvalue weighted by Gasteiger charge is -2.18. The van der Waals surface area contributed by atoms with Crippen molar-refractivity contribution < 1.29 is 14.7 Å². The number of nitriles is 1. The smallest absolute Gasteiger partial charge is 0.305 e. The highest BCUT2D eigenvalue weighted by molar-refractivity contribution is 5.80. The van der Waals surface area contributed by atoms with Crippen molar-refractivity contribution >= 4 is 11.9 Å². The van der Waals surface area contributed by atoms with E-state index in [2.05, 4.69) is 11.4 Å². The van der Waals surface area contributed by atoms with Crippen molar-refractivity contribution in [3.05, 3.63) is 70.3 Å². The normalized spacial score (nSPS) is 11.4. The fourth-order valence-electron chi connectivity index (χ4n) is 2.84. The molecule has 5 nitrogen and oxygen atoms in total. The molecule has 0 aliphatic heterocycles. The van der Waals surface area contributed by atoms with Crippen molar-refractivity contribution in [2.24, 2.45) is 0 Å². The van der Waals surface area contributed by atoms with Crippen LogP contribution in [0.15, 0.2) is 42.5 Å². The van der Waals surface area contributed by atoms with Crippen molar-refractivity contribution in [1.29, 1.82) is 5.26 Å². The second-order valence-corrected chi connectivity index (χ2v) is 6.43. The van der Waals surface area contributed by atoms with Gasteiger partial charge in [-0.25, -0.2) is 0 Å². The summed E-state index contributed by atoms with van der Waals surface area (Å²) in [5.74, 6) is -1.22. The highest BCUT2D eigenvalue weighted by atomic mass is 16.4. The fraction of sp³-hybridized carbons (Fsp3) is 0.286. The molecule has 1 amide bonds. The van der Waals surface area contributed by atoms with Gasteiger partial charge in [0.05, 0.1) is 24.5 Å². The number of rotatable bonds is 7. The molecule has 2 rings (SSSR count). The second-order valence-electron chi connectivity index (χ2n) is 6.43. The molecule has 2 N–H and O–H groups in total. The Morgan fingerprint density at radius 3 is 2.54 bits per heavy atom. The molecule has 0 bridgehead atoms. The Labute approximate surface area is 153 Å². The van der Waals surface area contributed by atoms with E-state index >= 15 is 0 Å². The molecule has 26 heavy (non-hydrogen) atoms. The van der Waals surface area contributed by atoms with Crippen LogP contribution in [0, 0.1) is 25.2 Å². The summed E-state index contributed by atoms with van der Waals surface area (Å²) in [6, 6.07) is 14.4. The van der Waals surface area contributed by atoms with Crippen LogP contribution < -0.4 is 5.32 Å². The van der Waals surface area contributed by atoms with Gasteiger partial charge in [-0.15, -0.1) is 0 Å². The van der Waals surface area contributed by atoms with Crippen LogP contribution in [0.2, 0.25) is 0 Å². The Balaban J connectivity index is 2.09. The van der Waals surface area contributed by atoms with Gasteiger partial charge in [-0.1, -0.05) is 36.4 Å². The lowest BCUT2D eigenvalue weighted by molar-refractivity contribution is -0.137. The van der Waals surface area contributed by atoms with E-state index in [0.29, 0.717) is 12.0 Å². The Morgan fingerprint density at radius 1 is 1.15 bits per heavy atom. The number of nitrogens with one attached hydrogen (secondary N) is 1. The molecular weight excluding hydrogens is 328 g/mol. The third kappa shape index (κ3) is 5.45. The number of carbonyl (C=O) groups excluding carboxylic acids is 1. The van der Waals surface area contributed by atoms with Gasteiger partial charge < -0.3 is 10.4 Å². The minimum atomic E-state index is -0.990. The van der Waals surface area contributed by atoms with E-state index in [0.717, 1.165) is 22.3 Å². The molecule has 5 heteroatoms. The molecule has 2 aromatic rings. The molecule has 0 radical (unpaired) electrons. The van der Waals surface area contributed by atoms with Crippen LogP contribution in [-0.4, -0.2) is 23.0 Å². The Morgan fingerprint density at radius 2 is 1.88 bits per heavy atom. The largest absolute Gasteiger partial charge is 0.481 e. The number of carboxylic acid groups (broad SMARTS) is 1. The molecule has 2 aromatic carbocycles. The molecule has 0 saturated heterocycles. The fourth-order valence-corrected chi connectivity index (χ4v) is 2.84. The second kappa shape index (κ2) is 8.82. The van der Waals surface area contributed by atoms with Crippen LogP contribution in [0.4, 0.5) is 0 Å². The average Bonchev–Trinajstić information content (AvgIpc) is 2.58. The summed E-state index contributed by atoms with van der Waals surface area (Å²) < 4.78 is 0. The maximum absolute atomic E-state index is 12.4. The van der Waals surface area contributed by atoms with E-state index < -0.39 is 12.0 Å². The van der Waals surface area contributed by atoms with E-state index in [9.17, 15) is 14.9 Å². The van der Waals surface area contributed by atoms with Crippen molar-refractivity contribution in [2.75, 3.05) is 0 Å². The first kappa shape index (κ1) is 19.2. The molecular formula is C21H22N2O3. The zero-order valence-corrected chi connectivity index (χ0v) is 15.0. The van der Waals surface area contributed by atoms with Crippen molar-refractivity contribution in [3.8, 4) is 6.07 Å². The standard InChI is InChI=1S/C21H22N2O3/c1-14-7-8-16(9-15(14)2)10-20(24)23-19(12-21(25)26)11-17-5-3-4-6-18(17)13-22/h3-9,19H,10-12H2,1-2H3,(H,23,24)(H,25,26). The lowest BCUT2D eigenvalue weighted by atomic mass is 9.98. The van der Waals surface area contributed by atoms with Gasteiger partial charge in [0.2, 0.25) is 5.91 Å². The molecule has 0 saturated carbocycles. The number of hydrogen-bond donors (Lipinski definition) is 2. The van der Waals surface area contributed by atoms with Gasteiger partial charge >= 0.3 is 5.97 Å². The van der Waals surface area contributed by atoms with Crippen LogP contribution in [0.1, 0.15) is 34.2 Å². The van der Waals surface area contributed by atoms with Crippen LogP contribution >= 0.6 is 0 Å². The molecule has 1 atom stereocenters. The number of hydrogen-bond acceptors (Lipinski definition) is 3. The number of carbonyl (C=O) groups is 2. The van der Waals surface area contributed by atoms with Crippen LogP contribution in [0.5, 0.6) is 0 Å². The monoisotopic (exact) mass is 350 g/mol. The van der Waals surface area contributed by atoms with E-state index in [4.69, 9.17) is 5.11 Å². The molecule has 0 fully saturated rings. The van der Waals surface area contributed by atoms with Crippen LogP contribution in [0.25, 0.3) is 0 Å². The summed E-state index contributed by atoms with van der Waals surface area (Å²) in [5, 5.41) is 21.1. The first-order chi connectivity index (χ1) is 12.4. The summed E-state index contributed by atoms with van der Waals surface area (Å²) in [6.07, 6.45) is 0.296. The van der Waals surface area contributed by atoms with Gasteiger partial charge in [0.1, 0.15) is 0 Å². The summed E-state index contributed by atoms with van der Waals surface area (Å²) >= 11 is 0. The highest BCUT2D eigenvalue weighted by Gasteiger charge is 2.18. The van der Waals surface area contributed by atoms with Crippen LogP contribution in [0.3, 0.4) is 0 Å². The molecule has 1 unspecified atom stereocenters. The number of carboxylic acids is 1. The predicted molar refractivity (Wildman–Crippen MR) is 98.7 cm³/mol. The summed E-state index contributed by atoms with van der Waals surface area (Å²) in [7, 11) is 0. The Kier molecular flexibility index (Phi) is 6.51. The third-order valence-corrected chi connectivity index (χ3v) is 4.33. The average molecular weight is 350 g/mol. The minimum Gasteiger partial charge on any atom is -0.481 e. The van der Waals surface area contributed by atoms with Gasteiger partial charge in [0.25, 0.3) is 0 Å². The summed E-state index contributed by atoms with van der Waals surface area (Å²) in [5.41, 5.74) is 4.38. The van der Waals surface area contributed by atoms with Gasteiger partial charge in [-0.3, -0.25) is 9.59 Å². The first-order valence-electron chi connectivity index (χ1n) is 8.44. The molecule has 0 aliphatic carbocycles.